The summed E-state index contributed by atoms with van der Waals surface area (Å²) in [4.78, 5) is 25.0. The zero-order valence-electron chi connectivity index (χ0n) is 14.1. The molecule has 130 valence electrons. The molecule has 25 heavy (non-hydrogen) atoms. The fourth-order valence-corrected chi connectivity index (χ4v) is 5.01. The van der Waals surface area contributed by atoms with Crippen molar-refractivity contribution in [3.8, 4) is 0 Å². The second-order valence-corrected chi connectivity index (χ2v) is 7.68. The highest BCUT2D eigenvalue weighted by Gasteiger charge is 2.26. The smallest absolute Gasteiger partial charge is 0.357 e. The molecule has 5 rings (SSSR count). The third-order valence-corrected chi connectivity index (χ3v) is 6.17. The lowest BCUT2D eigenvalue weighted by Crippen LogP contribution is -2.37. The molecule has 7 heteroatoms. The van der Waals surface area contributed by atoms with Crippen LogP contribution in [0.25, 0.3) is 20.4 Å². The fourth-order valence-electron chi connectivity index (χ4n) is 4.00. The van der Waals surface area contributed by atoms with Crippen LogP contribution < -0.4 is 10.5 Å². The number of ether oxygens (including phenoxy) is 1. The predicted molar refractivity (Wildman–Crippen MR) is 97.9 cm³/mol. The van der Waals surface area contributed by atoms with Gasteiger partial charge in [0.15, 0.2) is 5.89 Å². The molecule has 0 N–H and O–H groups in total. The Hall–Kier alpha value is -1.99. The molecule has 1 aliphatic heterocycles. The lowest BCUT2D eigenvalue weighted by molar-refractivity contribution is 0.122. The number of fused-ring (bicyclic) bond motifs is 5. The summed E-state index contributed by atoms with van der Waals surface area (Å²) in [6.07, 6.45) is 4.43. The summed E-state index contributed by atoms with van der Waals surface area (Å²) in [6.45, 7) is 4.95. The highest BCUT2D eigenvalue weighted by Crippen LogP contribution is 2.40. The van der Waals surface area contributed by atoms with Crippen LogP contribution in [0, 0.1) is 6.92 Å². The summed E-state index contributed by atoms with van der Waals surface area (Å²) in [5, 5.41) is 1.07. The minimum Gasteiger partial charge on any atom is -0.408 e. The van der Waals surface area contributed by atoms with Crippen LogP contribution in [0.15, 0.2) is 9.21 Å². The second kappa shape index (κ2) is 5.78. The Morgan fingerprint density at radius 3 is 2.64 bits per heavy atom. The number of thiophene rings is 1. The van der Waals surface area contributed by atoms with Gasteiger partial charge in [0, 0.05) is 25.4 Å². The summed E-state index contributed by atoms with van der Waals surface area (Å²) in [5.74, 6) is 1.50. The van der Waals surface area contributed by atoms with Crippen molar-refractivity contribution in [3.05, 3.63) is 27.4 Å². The molecule has 0 atom stereocenters. The highest BCUT2D eigenvalue weighted by atomic mass is 32.1. The van der Waals surface area contributed by atoms with Crippen LogP contribution in [0.1, 0.15) is 29.9 Å². The maximum atomic E-state index is 12.3. The van der Waals surface area contributed by atoms with Crippen LogP contribution in [0.2, 0.25) is 0 Å². The summed E-state index contributed by atoms with van der Waals surface area (Å²) >= 11 is 1.41. The lowest BCUT2D eigenvalue weighted by atomic mass is 9.90. The maximum absolute atomic E-state index is 12.3. The minimum atomic E-state index is -0.303. The molecule has 0 amide bonds. The topological polar surface area (TPSA) is 68.5 Å². The number of pyridine rings is 1. The molecule has 2 aliphatic rings. The Kier molecular flexibility index (Phi) is 3.53. The summed E-state index contributed by atoms with van der Waals surface area (Å²) in [6, 6.07) is 0. The predicted octanol–water partition coefficient (Wildman–Crippen LogP) is 2.82. The van der Waals surface area contributed by atoms with Gasteiger partial charge in [-0.3, -0.25) is 0 Å². The van der Waals surface area contributed by atoms with Gasteiger partial charge < -0.3 is 14.1 Å². The van der Waals surface area contributed by atoms with Gasteiger partial charge in [-0.05, 0) is 36.8 Å². The molecule has 0 aromatic carbocycles. The van der Waals surface area contributed by atoms with Gasteiger partial charge in [-0.2, -0.15) is 0 Å². The largest absolute Gasteiger partial charge is 0.408 e. The average Bonchev–Trinajstić information content (AvgIpc) is 3.01. The van der Waals surface area contributed by atoms with Crippen LogP contribution in [-0.4, -0.2) is 36.3 Å². The Bertz CT molecular complexity index is 1030. The van der Waals surface area contributed by atoms with Crippen molar-refractivity contribution >= 4 is 37.6 Å². The molecule has 0 spiro atoms. The number of anilines is 1. The fraction of sp³-hybridized carbons (Fsp3) is 0.500. The average molecular weight is 357 g/mol. The van der Waals surface area contributed by atoms with E-state index < -0.39 is 0 Å². The molecule has 1 saturated heterocycles. The van der Waals surface area contributed by atoms with Gasteiger partial charge in [-0.15, -0.1) is 11.3 Å². The van der Waals surface area contributed by atoms with Crippen molar-refractivity contribution in [2.75, 3.05) is 31.2 Å². The first kappa shape index (κ1) is 15.3. The van der Waals surface area contributed by atoms with Crippen molar-refractivity contribution in [1.29, 1.82) is 0 Å². The van der Waals surface area contributed by atoms with E-state index in [-0.39, 0.29) is 5.63 Å². The molecule has 6 nitrogen and oxygen atoms in total. The Labute approximate surface area is 148 Å². The summed E-state index contributed by atoms with van der Waals surface area (Å²) in [7, 11) is 0. The monoisotopic (exact) mass is 357 g/mol. The van der Waals surface area contributed by atoms with E-state index in [9.17, 15) is 4.79 Å². The quantitative estimate of drug-likeness (QED) is 0.667. The number of rotatable bonds is 1. The molecule has 4 heterocycles. The van der Waals surface area contributed by atoms with Crippen LogP contribution in [0.3, 0.4) is 0 Å². The summed E-state index contributed by atoms with van der Waals surface area (Å²) < 4.78 is 11.3. The van der Waals surface area contributed by atoms with E-state index in [0.717, 1.165) is 60.7 Å². The van der Waals surface area contributed by atoms with Gasteiger partial charge >= 0.3 is 5.63 Å². The van der Waals surface area contributed by atoms with E-state index in [0.29, 0.717) is 10.6 Å². The molecular formula is C18H19N3O3S. The number of hydrogen-bond donors (Lipinski definition) is 0. The van der Waals surface area contributed by atoms with Gasteiger partial charge in [-0.25, -0.2) is 14.8 Å². The van der Waals surface area contributed by atoms with Crippen molar-refractivity contribution in [1.82, 2.24) is 9.97 Å². The molecule has 3 aromatic heterocycles. The molecular weight excluding hydrogens is 338 g/mol. The van der Waals surface area contributed by atoms with Crippen molar-refractivity contribution in [2.24, 2.45) is 0 Å². The number of nitrogens with zero attached hydrogens (tertiary/aromatic N) is 3. The highest BCUT2D eigenvalue weighted by molar-refractivity contribution is 7.25. The number of hydrogen-bond acceptors (Lipinski definition) is 7. The van der Waals surface area contributed by atoms with Crippen molar-refractivity contribution < 1.29 is 9.15 Å². The Morgan fingerprint density at radius 2 is 1.84 bits per heavy atom. The van der Waals surface area contributed by atoms with E-state index in [1.54, 1.807) is 6.92 Å². The normalized spacial score (nSPS) is 18.0. The lowest BCUT2D eigenvalue weighted by Gasteiger charge is -2.31. The molecule has 1 aliphatic carbocycles. The number of aryl methyl sites for hydroxylation is 2. The molecule has 1 fully saturated rings. The van der Waals surface area contributed by atoms with Gasteiger partial charge in [0.2, 0.25) is 0 Å². The molecule has 0 unspecified atom stereocenters. The Morgan fingerprint density at radius 1 is 1.08 bits per heavy atom. The third-order valence-electron chi connectivity index (χ3n) is 5.12. The van der Waals surface area contributed by atoms with Gasteiger partial charge in [0.05, 0.1) is 13.2 Å². The number of morpholine rings is 1. The molecule has 0 saturated carbocycles. The molecule has 0 radical (unpaired) electrons. The van der Waals surface area contributed by atoms with Crippen LogP contribution in [-0.2, 0) is 17.6 Å². The Balaban J connectivity index is 1.84. The van der Waals surface area contributed by atoms with E-state index >= 15 is 0 Å². The SMILES string of the molecule is Cc1nc2c(sc3nc(N4CCOCC4)c4c(c32)CCCC4)c(=O)o1. The van der Waals surface area contributed by atoms with E-state index in [2.05, 4.69) is 9.88 Å². The van der Waals surface area contributed by atoms with Gasteiger partial charge in [-0.1, -0.05) is 0 Å². The van der Waals surface area contributed by atoms with E-state index in [1.165, 1.54) is 35.3 Å². The number of aromatic nitrogens is 2. The van der Waals surface area contributed by atoms with E-state index in [1.807, 2.05) is 0 Å². The van der Waals surface area contributed by atoms with Crippen LogP contribution in [0.5, 0.6) is 0 Å². The molecule has 3 aromatic rings. The first-order valence-corrected chi connectivity index (χ1v) is 9.62. The van der Waals surface area contributed by atoms with Crippen LogP contribution in [0.4, 0.5) is 5.82 Å². The third kappa shape index (κ3) is 2.37. The zero-order chi connectivity index (χ0) is 17.0. The summed E-state index contributed by atoms with van der Waals surface area (Å²) in [5.41, 5.74) is 3.14. The first-order chi connectivity index (χ1) is 12.2. The first-order valence-electron chi connectivity index (χ1n) is 8.81. The maximum Gasteiger partial charge on any atom is 0.357 e. The van der Waals surface area contributed by atoms with Crippen molar-refractivity contribution in [2.45, 2.75) is 32.6 Å². The standard InChI is InChI=1S/C18H19N3O3S/c1-10-19-14-13-11-4-2-3-5-12(11)16(21-6-8-23-9-7-21)20-17(13)25-15(14)18(22)24-10/h2-9H2,1H3. The van der Waals surface area contributed by atoms with E-state index in [4.69, 9.17) is 14.1 Å². The minimum absolute atomic E-state index is 0.303. The van der Waals surface area contributed by atoms with Crippen molar-refractivity contribution in [3.63, 3.8) is 0 Å². The van der Waals surface area contributed by atoms with Gasteiger partial charge in [0.25, 0.3) is 0 Å². The van der Waals surface area contributed by atoms with Gasteiger partial charge in [0.1, 0.15) is 20.9 Å². The second-order valence-electron chi connectivity index (χ2n) is 6.68. The molecule has 0 bridgehead atoms. The zero-order valence-corrected chi connectivity index (χ0v) is 14.9. The van der Waals surface area contributed by atoms with Crippen LogP contribution >= 0.6 is 11.3 Å².